The summed E-state index contributed by atoms with van der Waals surface area (Å²) in [6.45, 7) is 2.94. The van der Waals surface area contributed by atoms with Crippen LogP contribution in [0, 0.1) is 6.92 Å². The molecular weight excluding hydrogens is 244 g/mol. The number of carboxylic acid groups (broad SMARTS) is 1. The molecule has 0 saturated heterocycles. The molecular formula is C12H13ClO4. The fraction of sp³-hybridized carbons (Fsp3) is 0.417. The van der Waals surface area contributed by atoms with Gasteiger partial charge in [0.05, 0.1) is 24.7 Å². The molecule has 0 amide bonds. The Kier molecular flexibility index (Phi) is 3.43. The van der Waals surface area contributed by atoms with Gasteiger partial charge in [0, 0.05) is 6.42 Å². The summed E-state index contributed by atoms with van der Waals surface area (Å²) in [5.41, 5.74) is 1.44. The molecule has 92 valence electrons. The van der Waals surface area contributed by atoms with E-state index in [4.69, 9.17) is 26.2 Å². The van der Waals surface area contributed by atoms with E-state index in [0.717, 1.165) is 12.0 Å². The Balaban J connectivity index is 2.48. The molecule has 1 aromatic rings. The van der Waals surface area contributed by atoms with Gasteiger partial charge in [-0.2, -0.15) is 0 Å². The molecule has 0 bridgehead atoms. The number of hydrogen-bond donors (Lipinski definition) is 1. The smallest absolute Gasteiger partial charge is 0.307 e. The van der Waals surface area contributed by atoms with Crippen LogP contribution in [0.2, 0.25) is 5.02 Å². The third kappa shape index (κ3) is 2.47. The predicted octanol–water partition coefficient (Wildman–Crippen LogP) is 2.44. The lowest BCUT2D eigenvalue weighted by molar-refractivity contribution is -0.136. The summed E-state index contributed by atoms with van der Waals surface area (Å²) >= 11 is 6.08. The number of hydrogen-bond acceptors (Lipinski definition) is 3. The van der Waals surface area contributed by atoms with Gasteiger partial charge in [-0.05, 0) is 24.1 Å². The van der Waals surface area contributed by atoms with Gasteiger partial charge in [-0.25, -0.2) is 0 Å². The highest BCUT2D eigenvalue weighted by atomic mass is 35.5. The number of fused-ring (bicyclic) bond motifs is 1. The molecule has 1 aromatic carbocycles. The fourth-order valence-electron chi connectivity index (χ4n) is 1.81. The topological polar surface area (TPSA) is 55.8 Å². The van der Waals surface area contributed by atoms with Gasteiger partial charge >= 0.3 is 5.97 Å². The Labute approximate surface area is 104 Å². The molecule has 0 spiro atoms. The molecule has 1 aliphatic rings. The molecule has 17 heavy (non-hydrogen) atoms. The van der Waals surface area contributed by atoms with E-state index in [0.29, 0.717) is 35.3 Å². The lowest BCUT2D eigenvalue weighted by atomic mass is 10.0. The molecule has 2 rings (SSSR count). The minimum atomic E-state index is -0.890. The Morgan fingerprint density at radius 1 is 1.41 bits per heavy atom. The Hall–Kier alpha value is -1.42. The number of rotatable bonds is 2. The number of ether oxygens (including phenoxy) is 2. The summed E-state index contributed by atoms with van der Waals surface area (Å²) in [5.74, 6) is 0.209. The van der Waals surface area contributed by atoms with Gasteiger partial charge in [-0.1, -0.05) is 11.6 Å². The van der Waals surface area contributed by atoms with E-state index in [-0.39, 0.29) is 6.42 Å². The number of carbonyl (C=O) groups is 1. The molecule has 1 heterocycles. The van der Waals surface area contributed by atoms with Gasteiger partial charge in [0.25, 0.3) is 0 Å². The summed E-state index contributed by atoms with van der Waals surface area (Å²) < 4.78 is 11.1. The highest BCUT2D eigenvalue weighted by molar-refractivity contribution is 6.32. The minimum Gasteiger partial charge on any atom is -0.489 e. The van der Waals surface area contributed by atoms with E-state index in [1.807, 2.05) is 6.92 Å². The second-order valence-electron chi connectivity index (χ2n) is 3.92. The number of halogens is 1. The van der Waals surface area contributed by atoms with Crippen molar-refractivity contribution in [2.45, 2.75) is 19.8 Å². The van der Waals surface area contributed by atoms with Crippen molar-refractivity contribution in [1.82, 2.24) is 0 Å². The van der Waals surface area contributed by atoms with Gasteiger partial charge in [0.15, 0.2) is 11.5 Å². The van der Waals surface area contributed by atoms with E-state index in [1.54, 1.807) is 6.07 Å². The normalized spacial score (nSPS) is 14.2. The standard InChI is InChI=1S/C12H13ClO4/c1-7-8(6-10(14)15)5-9(13)12-11(7)16-3-2-4-17-12/h5H,2-4,6H2,1H3,(H,14,15). The monoisotopic (exact) mass is 256 g/mol. The molecule has 0 aromatic heterocycles. The molecule has 1 N–H and O–H groups in total. The van der Waals surface area contributed by atoms with Crippen molar-refractivity contribution in [3.05, 3.63) is 22.2 Å². The summed E-state index contributed by atoms with van der Waals surface area (Å²) in [6, 6.07) is 1.64. The average Bonchev–Trinajstić information content (AvgIpc) is 2.50. The minimum absolute atomic E-state index is 0.0673. The van der Waals surface area contributed by atoms with Gasteiger partial charge in [-0.3, -0.25) is 4.79 Å². The molecule has 0 aliphatic carbocycles. The first-order chi connectivity index (χ1) is 8.09. The molecule has 0 fully saturated rings. The molecule has 0 unspecified atom stereocenters. The second-order valence-corrected chi connectivity index (χ2v) is 4.33. The second kappa shape index (κ2) is 4.84. The number of carboxylic acids is 1. The molecule has 0 atom stereocenters. The van der Waals surface area contributed by atoms with E-state index in [2.05, 4.69) is 0 Å². The zero-order valence-electron chi connectivity index (χ0n) is 9.46. The van der Waals surface area contributed by atoms with Crippen LogP contribution in [0.3, 0.4) is 0 Å². The molecule has 0 radical (unpaired) electrons. The van der Waals surface area contributed by atoms with Gasteiger partial charge in [0.2, 0.25) is 0 Å². The summed E-state index contributed by atoms with van der Waals surface area (Å²) in [6.07, 6.45) is 0.723. The van der Waals surface area contributed by atoms with Crippen LogP contribution in [0.25, 0.3) is 0 Å². The van der Waals surface area contributed by atoms with E-state index >= 15 is 0 Å². The highest BCUT2D eigenvalue weighted by Gasteiger charge is 2.20. The maximum atomic E-state index is 10.8. The maximum Gasteiger partial charge on any atom is 0.307 e. The van der Waals surface area contributed by atoms with E-state index in [9.17, 15) is 4.79 Å². The van der Waals surface area contributed by atoms with Crippen LogP contribution < -0.4 is 9.47 Å². The highest BCUT2D eigenvalue weighted by Crippen LogP contribution is 2.41. The van der Waals surface area contributed by atoms with Crippen LogP contribution in [-0.2, 0) is 11.2 Å². The zero-order chi connectivity index (χ0) is 12.4. The average molecular weight is 257 g/mol. The third-order valence-electron chi connectivity index (χ3n) is 2.67. The quantitative estimate of drug-likeness (QED) is 0.883. The van der Waals surface area contributed by atoms with Crippen molar-refractivity contribution in [3.8, 4) is 11.5 Å². The first-order valence-electron chi connectivity index (χ1n) is 5.39. The predicted molar refractivity (Wildman–Crippen MR) is 63.1 cm³/mol. The van der Waals surface area contributed by atoms with Crippen LogP contribution >= 0.6 is 11.6 Å². The summed E-state index contributed by atoms with van der Waals surface area (Å²) in [4.78, 5) is 10.8. The van der Waals surface area contributed by atoms with Crippen molar-refractivity contribution in [2.24, 2.45) is 0 Å². The van der Waals surface area contributed by atoms with Crippen LogP contribution in [-0.4, -0.2) is 24.3 Å². The van der Waals surface area contributed by atoms with Crippen molar-refractivity contribution in [1.29, 1.82) is 0 Å². The largest absolute Gasteiger partial charge is 0.489 e. The van der Waals surface area contributed by atoms with Crippen molar-refractivity contribution < 1.29 is 19.4 Å². The summed E-state index contributed by atoms with van der Waals surface area (Å²) in [5, 5.41) is 9.23. The number of aliphatic carboxylic acids is 1. The van der Waals surface area contributed by atoms with Crippen molar-refractivity contribution in [2.75, 3.05) is 13.2 Å². The van der Waals surface area contributed by atoms with Crippen molar-refractivity contribution in [3.63, 3.8) is 0 Å². The lowest BCUT2D eigenvalue weighted by Gasteiger charge is -2.14. The van der Waals surface area contributed by atoms with Crippen LogP contribution in [0.5, 0.6) is 11.5 Å². The molecule has 0 saturated carbocycles. The zero-order valence-corrected chi connectivity index (χ0v) is 10.2. The van der Waals surface area contributed by atoms with Crippen LogP contribution in [0.15, 0.2) is 6.07 Å². The molecule has 4 nitrogen and oxygen atoms in total. The SMILES string of the molecule is Cc1c(CC(=O)O)cc(Cl)c2c1OCCCO2. The Morgan fingerprint density at radius 2 is 2.06 bits per heavy atom. The number of benzene rings is 1. The van der Waals surface area contributed by atoms with Gasteiger partial charge < -0.3 is 14.6 Å². The van der Waals surface area contributed by atoms with Gasteiger partial charge in [-0.15, -0.1) is 0 Å². The lowest BCUT2D eigenvalue weighted by Crippen LogP contribution is -2.04. The Morgan fingerprint density at radius 3 is 2.71 bits per heavy atom. The molecule has 5 heteroatoms. The maximum absolute atomic E-state index is 10.8. The van der Waals surface area contributed by atoms with Gasteiger partial charge in [0.1, 0.15) is 0 Å². The van der Waals surface area contributed by atoms with Crippen molar-refractivity contribution >= 4 is 17.6 Å². The molecule has 1 aliphatic heterocycles. The fourth-order valence-corrected chi connectivity index (χ4v) is 2.09. The van der Waals surface area contributed by atoms with E-state index < -0.39 is 5.97 Å². The third-order valence-corrected chi connectivity index (χ3v) is 2.95. The first-order valence-corrected chi connectivity index (χ1v) is 5.76. The van der Waals surface area contributed by atoms with Crippen LogP contribution in [0.4, 0.5) is 0 Å². The van der Waals surface area contributed by atoms with E-state index in [1.165, 1.54) is 0 Å². The summed E-state index contributed by atoms with van der Waals surface area (Å²) in [7, 11) is 0. The van der Waals surface area contributed by atoms with Crippen LogP contribution in [0.1, 0.15) is 17.5 Å². The first kappa shape index (κ1) is 12.0. The Bertz CT molecular complexity index is 456.